The van der Waals surface area contributed by atoms with Crippen LogP contribution in [0.2, 0.25) is 0 Å². The fraction of sp³-hybridized carbons (Fsp3) is 0.143. The second-order valence-corrected chi connectivity index (χ2v) is 3.52. The van der Waals surface area contributed by atoms with Gasteiger partial charge in [0.05, 0.1) is 7.11 Å². The highest BCUT2D eigenvalue weighted by Crippen LogP contribution is 2.23. The smallest absolute Gasteiger partial charge is 0.127 e. The highest BCUT2D eigenvalue weighted by Gasteiger charge is 1.99. The summed E-state index contributed by atoms with van der Waals surface area (Å²) < 4.78 is 5.15. The van der Waals surface area contributed by atoms with Crippen LogP contribution in [0.1, 0.15) is 5.56 Å². The van der Waals surface area contributed by atoms with E-state index < -0.39 is 0 Å². The van der Waals surface area contributed by atoms with Gasteiger partial charge in [-0.25, -0.2) is 0 Å². The zero-order valence-corrected chi connectivity index (χ0v) is 8.95. The molecule has 0 bridgehead atoms. The number of benzene rings is 2. The zero-order valence-electron chi connectivity index (χ0n) is 8.95. The summed E-state index contributed by atoms with van der Waals surface area (Å²) in [5.41, 5.74) is 3.64. The van der Waals surface area contributed by atoms with Gasteiger partial charge in [-0.1, -0.05) is 35.9 Å². The predicted molar refractivity (Wildman–Crippen MR) is 62.0 cm³/mol. The first kappa shape index (κ1) is 9.78. The average molecular weight is 197 g/mol. The number of rotatable bonds is 2. The number of hydrogen-bond donors (Lipinski definition) is 0. The molecule has 2 rings (SSSR count). The third-order valence-electron chi connectivity index (χ3n) is 2.35. The third-order valence-corrected chi connectivity index (χ3v) is 2.35. The normalized spacial score (nSPS) is 10.0. The summed E-state index contributed by atoms with van der Waals surface area (Å²) in [7, 11) is 1.66. The largest absolute Gasteiger partial charge is 0.496 e. The van der Waals surface area contributed by atoms with Gasteiger partial charge >= 0.3 is 0 Å². The van der Waals surface area contributed by atoms with Crippen molar-refractivity contribution >= 4 is 0 Å². The minimum absolute atomic E-state index is 0.772. The summed E-state index contributed by atoms with van der Waals surface area (Å²) in [5, 5.41) is 0. The number of hydrogen-bond acceptors (Lipinski definition) is 1. The topological polar surface area (TPSA) is 9.23 Å². The molecule has 0 fully saturated rings. The molecule has 2 aromatic carbocycles. The molecule has 0 aliphatic rings. The van der Waals surface area contributed by atoms with Gasteiger partial charge in [-0.3, -0.25) is 0 Å². The summed E-state index contributed by atoms with van der Waals surface area (Å²) in [4.78, 5) is 0. The van der Waals surface area contributed by atoms with E-state index in [1.54, 1.807) is 7.11 Å². The van der Waals surface area contributed by atoms with E-state index in [1.165, 1.54) is 11.1 Å². The van der Waals surface area contributed by atoms with E-state index in [-0.39, 0.29) is 0 Å². The minimum atomic E-state index is 0.772. The summed E-state index contributed by atoms with van der Waals surface area (Å²) in [6, 6.07) is 17.4. The maximum atomic E-state index is 5.15. The fourth-order valence-electron chi connectivity index (χ4n) is 1.57. The van der Waals surface area contributed by atoms with E-state index in [4.69, 9.17) is 4.74 Å². The van der Waals surface area contributed by atoms with Gasteiger partial charge < -0.3 is 4.74 Å². The molecule has 1 radical (unpaired) electrons. The molecular weight excluding hydrogens is 184 g/mol. The molecule has 15 heavy (non-hydrogen) atoms. The van der Waals surface area contributed by atoms with Crippen LogP contribution in [-0.2, 0) is 0 Å². The van der Waals surface area contributed by atoms with Crippen molar-refractivity contribution in [2.24, 2.45) is 0 Å². The van der Waals surface area contributed by atoms with Gasteiger partial charge in [0.2, 0.25) is 0 Å². The molecule has 1 heteroatoms. The van der Waals surface area contributed by atoms with Crippen LogP contribution in [0.25, 0.3) is 11.1 Å². The van der Waals surface area contributed by atoms with Crippen molar-refractivity contribution in [2.75, 3.05) is 7.11 Å². The van der Waals surface area contributed by atoms with Crippen molar-refractivity contribution in [2.45, 2.75) is 6.92 Å². The molecule has 0 amide bonds. The van der Waals surface area contributed by atoms with Crippen LogP contribution in [0, 0.1) is 13.0 Å². The quantitative estimate of drug-likeness (QED) is 0.716. The Labute approximate surface area is 90.3 Å². The van der Waals surface area contributed by atoms with E-state index in [2.05, 4.69) is 37.3 Å². The van der Waals surface area contributed by atoms with Gasteiger partial charge in [-0.05, 0) is 30.2 Å². The second kappa shape index (κ2) is 4.18. The standard InChI is InChI=1S/C14H13O/c1-11-5-3-6-12(9-11)13-7-4-8-14(10-13)15-2/h3-7,9-10H,1-2H3. The van der Waals surface area contributed by atoms with E-state index in [1.807, 2.05) is 18.2 Å². The lowest BCUT2D eigenvalue weighted by atomic mass is 10.0. The Bertz CT molecular complexity index is 460. The zero-order chi connectivity index (χ0) is 10.7. The Morgan fingerprint density at radius 1 is 1.07 bits per heavy atom. The van der Waals surface area contributed by atoms with Crippen molar-refractivity contribution in [3.8, 4) is 16.9 Å². The van der Waals surface area contributed by atoms with Gasteiger partial charge in [0.25, 0.3) is 0 Å². The molecule has 0 N–H and O–H groups in total. The number of aryl methyl sites for hydroxylation is 1. The molecule has 0 saturated carbocycles. The second-order valence-electron chi connectivity index (χ2n) is 3.52. The number of methoxy groups -OCH3 is 1. The Kier molecular flexibility index (Phi) is 2.72. The molecule has 2 aromatic rings. The first-order valence-electron chi connectivity index (χ1n) is 4.92. The molecular formula is C14H13O. The summed E-state index contributed by atoms with van der Waals surface area (Å²) in [6.45, 7) is 2.09. The molecule has 0 spiro atoms. The van der Waals surface area contributed by atoms with Crippen LogP contribution < -0.4 is 4.74 Å². The van der Waals surface area contributed by atoms with Crippen LogP contribution in [0.3, 0.4) is 0 Å². The lowest BCUT2D eigenvalue weighted by Gasteiger charge is -2.04. The lowest BCUT2D eigenvalue weighted by molar-refractivity contribution is 0.414. The molecule has 0 unspecified atom stereocenters. The van der Waals surface area contributed by atoms with E-state index in [0.29, 0.717) is 0 Å². The Hall–Kier alpha value is -1.76. The first-order valence-corrected chi connectivity index (χ1v) is 4.92. The SMILES string of the molecule is COc1[c]ccc(-c2cccc(C)c2)c1. The van der Waals surface area contributed by atoms with Gasteiger partial charge in [0.15, 0.2) is 0 Å². The van der Waals surface area contributed by atoms with Crippen molar-refractivity contribution in [1.82, 2.24) is 0 Å². The van der Waals surface area contributed by atoms with Crippen molar-refractivity contribution in [3.05, 3.63) is 54.1 Å². The summed E-state index contributed by atoms with van der Waals surface area (Å²) >= 11 is 0. The third kappa shape index (κ3) is 2.18. The molecule has 1 nitrogen and oxygen atoms in total. The Morgan fingerprint density at radius 2 is 1.87 bits per heavy atom. The molecule has 0 heterocycles. The maximum Gasteiger partial charge on any atom is 0.127 e. The van der Waals surface area contributed by atoms with E-state index in [0.717, 1.165) is 11.3 Å². The summed E-state index contributed by atoms with van der Waals surface area (Å²) in [6.07, 6.45) is 0. The maximum absolute atomic E-state index is 5.15. The Morgan fingerprint density at radius 3 is 2.60 bits per heavy atom. The van der Waals surface area contributed by atoms with Crippen molar-refractivity contribution < 1.29 is 4.74 Å². The average Bonchev–Trinajstić information content (AvgIpc) is 2.29. The monoisotopic (exact) mass is 197 g/mol. The molecule has 0 saturated heterocycles. The van der Waals surface area contributed by atoms with Crippen LogP contribution in [0.5, 0.6) is 5.75 Å². The van der Waals surface area contributed by atoms with Crippen LogP contribution in [0.4, 0.5) is 0 Å². The van der Waals surface area contributed by atoms with E-state index >= 15 is 0 Å². The first-order chi connectivity index (χ1) is 7.29. The number of ether oxygens (including phenoxy) is 1. The van der Waals surface area contributed by atoms with Gasteiger partial charge in [0, 0.05) is 6.07 Å². The molecule has 0 aliphatic heterocycles. The lowest BCUT2D eigenvalue weighted by Crippen LogP contribution is -1.84. The van der Waals surface area contributed by atoms with Crippen LogP contribution in [-0.4, -0.2) is 7.11 Å². The van der Waals surface area contributed by atoms with Crippen molar-refractivity contribution in [1.29, 1.82) is 0 Å². The molecule has 0 atom stereocenters. The summed E-state index contributed by atoms with van der Waals surface area (Å²) in [5.74, 6) is 0.772. The minimum Gasteiger partial charge on any atom is -0.496 e. The molecule has 0 aliphatic carbocycles. The van der Waals surface area contributed by atoms with Gasteiger partial charge in [-0.15, -0.1) is 0 Å². The van der Waals surface area contributed by atoms with Crippen LogP contribution in [0.15, 0.2) is 42.5 Å². The molecule has 75 valence electrons. The van der Waals surface area contributed by atoms with Crippen molar-refractivity contribution in [3.63, 3.8) is 0 Å². The van der Waals surface area contributed by atoms with Gasteiger partial charge in [-0.2, -0.15) is 0 Å². The molecule has 0 aromatic heterocycles. The predicted octanol–water partition coefficient (Wildman–Crippen LogP) is 3.47. The fourth-order valence-corrected chi connectivity index (χ4v) is 1.57. The van der Waals surface area contributed by atoms with Crippen LogP contribution >= 0.6 is 0 Å². The van der Waals surface area contributed by atoms with Gasteiger partial charge in [0.1, 0.15) is 5.75 Å². The van der Waals surface area contributed by atoms with E-state index in [9.17, 15) is 0 Å². The highest BCUT2D eigenvalue weighted by molar-refractivity contribution is 5.65. The highest BCUT2D eigenvalue weighted by atomic mass is 16.5. The Balaban J connectivity index is 2.44.